The molecule has 0 bridgehead atoms. The molecule has 2 nitrogen and oxygen atoms in total. The van der Waals surface area contributed by atoms with Crippen molar-refractivity contribution < 1.29 is 0 Å². The van der Waals surface area contributed by atoms with E-state index >= 15 is 0 Å². The summed E-state index contributed by atoms with van der Waals surface area (Å²) in [6.07, 6.45) is 0. The molecule has 0 aliphatic rings. The molecule has 0 radical (unpaired) electrons. The molecule has 1 aromatic heterocycles. The number of anilines is 3. The first-order valence-electron chi connectivity index (χ1n) is 17.2. The van der Waals surface area contributed by atoms with Crippen LogP contribution >= 0.6 is 0 Å². The summed E-state index contributed by atoms with van der Waals surface area (Å²) in [6, 6.07) is 70.5. The van der Waals surface area contributed by atoms with Crippen LogP contribution < -0.4 is 4.90 Å². The average Bonchev–Trinajstić information content (AvgIpc) is 3.53. The lowest BCUT2D eigenvalue weighted by Gasteiger charge is -2.28. The number of hydrogen-bond acceptors (Lipinski definition) is 1. The summed E-state index contributed by atoms with van der Waals surface area (Å²) in [5.41, 5.74) is 9.28. The topological polar surface area (TPSA) is 8.17 Å². The van der Waals surface area contributed by atoms with Crippen LogP contribution in [-0.4, -0.2) is 4.57 Å². The maximum absolute atomic E-state index is 2.41. The predicted molar refractivity (Wildman–Crippen MR) is 213 cm³/mol. The molecule has 234 valence electrons. The molecule has 0 fully saturated rings. The van der Waals surface area contributed by atoms with Crippen molar-refractivity contribution in [3.8, 4) is 16.8 Å². The molecule has 0 N–H and O–H groups in total. The van der Waals surface area contributed by atoms with Crippen molar-refractivity contribution in [2.24, 2.45) is 0 Å². The van der Waals surface area contributed by atoms with Crippen LogP contribution in [-0.2, 0) is 0 Å². The van der Waals surface area contributed by atoms with E-state index in [1.54, 1.807) is 0 Å². The summed E-state index contributed by atoms with van der Waals surface area (Å²) in [5, 5.41) is 10.1. The fraction of sp³-hybridized carbons (Fsp3) is 0. The van der Waals surface area contributed by atoms with Gasteiger partial charge >= 0.3 is 0 Å². The number of aromatic nitrogens is 1. The third-order valence-electron chi connectivity index (χ3n) is 10.2. The number of rotatable bonds is 5. The van der Waals surface area contributed by atoms with Gasteiger partial charge in [-0.1, -0.05) is 140 Å². The Labute approximate surface area is 290 Å². The van der Waals surface area contributed by atoms with E-state index in [0.717, 1.165) is 22.7 Å². The number of hydrogen-bond donors (Lipinski definition) is 0. The summed E-state index contributed by atoms with van der Waals surface area (Å²) in [5.74, 6) is 0. The van der Waals surface area contributed by atoms with Crippen LogP contribution in [0.1, 0.15) is 0 Å². The summed E-state index contributed by atoms with van der Waals surface area (Å²) in [6.45, 7) is 0. The summed E-state index contributed by atoms with van der Waals surface area (Å²) >= 11 is 0. The molecule has 0 aliphatic heterocycles. The molecular formula is C48H32N2. The van der Waals surface area contributed by atoms with Gasteiger partial charge in [-0.15, -0.1) is 0 Å². The zero-order valence-corrected chi connectivity index (χ0v) is 27.4. The van der Waals surface area contributed by atoms with Gasteiger partial charge in [0.25, 0.3) is 0 Å². The van der Waals surface area contributed by atoms with Crippen LogP contribution in [0.5, 0.6) is 0 Å². The van der Waals surface area contributed by atoms with Crippen molar-refractivity contribution in [2.45, 2.75) is 0 Å². The Kier molecular flexibility index (Phi) is 6.53. The monoisotopic (exact) mass is 636 g/mol. The van der Waals surface area contributed by atoms with E-state index in [-0.39, 0.29) is 0 Å². The number of fused-ring (bicyclic) bond motifs is 8. The minimum Gasteiger partial charge on any atom is -0.310 e. The van der Waals surface area contributed by atoms with Crippen LogP contribution in [0.3, 0.4) is 0 Å². The molecule has 10 rings (SSSR count). The fourth-order valence-electron chi connectivity index (χ4n) is 7.85. The molecule has 10 aromatic rings. The van der Waals surface area contributed by atoms with Crippen molar-refractivity contribution in [3.05, 3.63) is 194 Å². The summed E-state index contributed by atoms with van der Waals surface area (Å²) in [7, 11) is 0. The second-order valence-corrected chi connectivity index (χ2v) is 13.0. The van der Waals surface area contributed by atoms with Gasteiger partial charge in [0.2, 0.25) is 0 Å². The standard InChI is InChI=1S/C48H32N2/c1-2-12-33(13-3-1)40-16-6-9-19-46(40)49(38-25-22-35-24-30-41-39-15-5-4-14-34(39)23-31-42(41)45(35)32-38)36-26-28-37(29-27-36)50-47-20-10-7-17-43(47)44-18-8-11-21-48(44)50/h1-32H. The van der Waals surface area contributed by atoms with Gasteiger partial charge in [0.1, 0.15) is 0 Å². The molecule has 1 heterocycles. The van der Waals surface area contributed by atoms with E-state index in [1.807, 2.05) is 0 Å². The Bertz CT molecular complexity index is 2810. The van der Waals surface area contributed by atoms with Gasteiger partial charge in [0.05, 0.1) is 16.7 Å². The van der Waals surface area contributed by atoms with E-state index < -0.39 is 0 Å². The normalized spacial score (nSPS) is 11.6. The maximum atomic E-state index is 2.41. The van der Waals surface area contributed by atoms with E-state index in [1.165, 1.54) is 65.3 Å². The van der Waals surface area contributed by atoms with Gasteiger partial charge < -0.3 is 9.47 Å². The molecule has 0 atom stereocenters. The van der Waals surface area contributed by atoms with E-state index in [4.69, 9.17) is 0 Å². The number of benzene rings is 9. The molecule has 0 saturated carbocycles. The molecule has 0 spiro atoms. The van der Waals surface area contributed by atoms with Crippen molar-refractivity contribution in [1.82, 2.24) is 4.57 Å². The minimum absolute atomic E-state index is 1.10. The highest BCUT2D eigenvalue weighted by molar-refractivity contribution is 6.18. The predicted octanol–water partition coefficient (Wildman–Crippen LogP) is 13.4. The van der Waals surface area contributed by atoms with Gasteiger partial charge in [0.15, 0.2) is 0 Å². The highest BCUT2D eigenvalue weighted by Gasteiger charge is 2.19. The molecule has 0 unspecified atom stereocenters. The van der Waals surface area contributed by atoms with Gasteiger partial charge in [-0.25, -0.2) is 0 Å². The first-order chi connectivity index (χ1) is 24.8. The van der Waals surface area contributed by atoms with E-state index in [9.17, 15) is 0 Å². The SMILES string of the molecule is c1ccc(-c2ccccc2N(c2ccc(-n3c4ccccc4c4ccccc43)cc2)c2ccc3ccc4c5ccccc5ccc4c3c2)cc1. The number of nitrogens with zero attached hydrogens (tertiary/aromatic N) is 2. The Morgan fingerprint density at radius 3 is 1.62 bits per heavy atom. The van der Waals surface area contributed by atoms with Crippen molar-refractivity contribution >= 4 is 71.2 Å². The van der Waals surface area contributed by atoms with Crippen LogP contribution in [0.15, 0.2) is 194 Å². The lowest BCUT2D eigenvalue weighted by molar-refractivity contribution is 1.17. The van der Waals surface area contributed by atoms with Gasteiger partial charge in [0, 0.05) is 33.4 Å². The van der Waals surface area contributed by atoms with Crippen LogP contribution in [0.25, 0.3) is 70.9 Å². The zero-order valence-electron chi connectivity index (χ0n) is 27.4. The third-order valence-corrected chi connectivity index (χ3v) is 10.2. The molecule has 9 aromatic carbocycles. The van der Waals surface area contributed by atoms with Gasteiger partial charge in [-0.05, 0) is 92.5 Å². The summed E-state index contributed by atoms with van der Waals surface area (Å²) in [4.78, 5) is 2.41. The quantitative estimate of drug-likeness (QED) is 0.171. The lowest BCUT2D eigenvalue weighted by Crippen LogP contribution is -2.11. The molecule has 0 aliphatic carbocycles. The first-order valence-corrected chi connectivity index (χ1v) is 17.2. The van der Waals surface area contributed by atoms with Crippen molar-refractivity contribution in [1.29, 1.82) is 0 Å². The largest absolute Gasteiger partial charge is 0.310 e. The second-order valence-electron chi connectivity index (χ2n) is 13.0. The van der Waals surface area contributed by atoms with Gasteiger partial charge in [-0.3, -0.25) is 0 Å². The Balaban J connectivity index is 1.19. The average molecular weight is 637 g/mol. The number of para-hydroxylation sites is 3. The molecular weight excluding hydrogens is 605 g/mol. The van der Waals surface area contributed by atoms with E-state index in [2.05, 4.69) is 204 Å². The Hall–Kier alpha value is -6.64. The molecule has 0 saturated heterocycles. The fourth-order valence-corrected chi connectivity index (χ4v) is 7.85. The van der Waals surface area contributed by atoms with Crippen LogP contribution in [0.2, 0.25) is 0 Å². The van der Waals surface area contributed by atoms with E-state index in [0.29, 0.717) is 0 Å². The molecule has 0 amide bonds. The first kappa shape index (κ1) is 28.4. The van der Waals surface area contributed by atoms with Crippen LogP contribution in [0, 0.1) is 0 Å². The highest BCUT2D eigenvalue weighted by atomic mass is 15.1. The van der Waals surface area contributed by atoms with Crippen molar-refractivity contribution in [3.63, 3.8) is 0 Å². The highest BCUT2D eigenvalue weighted by Crippen LogP contribution is 2.43. The molecule has 50 heavy (non-hydrogen) atoms. The Morgan fingerprint density at radius 2 is 0.880 bits per heavy atom. The third kappa shape index (κ3) is 4.50. The smallest absolute Gasteiger partial charge is 0.0541 e. The van der Waals surface area contributed by atoms with Crippen molar-refractivity contribution in [2.75, 3.05) is 4.90 Å². The second kappa shape index (κ2) is 11.5. The van der Waals surface area contributed by atoms with Crippen LogP contribution in [0.4, 0.5) is 17.1 Å². The maximum Gasteiger partial charge on any atom is 0.0541 e. The minimum atomic E-state index is 1.10. The zero-order chi connectivity index (χ0) is 33.0. The Morgan fingerprint density at radius 1 is 0.340 bits per heavy atom. The molecule has 2 heteroatoms. The summed E-state index contributed by atoms with van der Waals surface area (Å²) < 4.78 is 2.38. The van der Waals surface area contributed by atoms with Gasteiger partial charge in [-0.2, -0.15) is 0 Å². The lowest BCUT2D eigenvalue weighted by atomic mass is 9.96.